The highest BCUT2D eigenvalue weighted by molar-refractivity contribution is 5.99. The monoisotopic (exact) mass is 1160 g/mol. The number of benzene rings is 14. The highest BCUT2D eigenvalue weighted by Gasteiger charge is 2.26. The molecular formula is C88H64N2. The predicted octanol–water partition coefficient (Wildman–Crippen LogP) is 23.8. The van der Waals surface area contributed by atoms with Crippen LogP contribution in [0.4, 0.5) is 34.1 Å². The lowest BCUT2D eigenvalue weighted by Crippen LogP contribution is -2.13. The number of nitrogens with zero attached hydrogens (tertiary/aromatic N) is 2. The van der Waals surface area contributed by atoms with Crippen LogP contribution in [0.1, 0.15) is 33.2 Å². The molecule has 0 amide bonds. The molecule has 16 rings (SSSR count). The summed E-state index contributed by atoms with van der Waals surface area (Å²) in [4.78, 5) is 4.70. The summed E-state index contributed by atoms with van der Waals surface area (Å²) in [5.41, 5.74) is 25.0. The van der Waals surface area contributed by atoms with E-state index in [0.717, 1.165) is 134 Å². The van der Waals surface area contributed by atoms with Crippen LogP contribution in [0.5, 0.6) is 0 Å². The third-order valence-corrected chi connectivity index (χ3v) is 17.5. The fraction of sp³-hybridized carbons (Fsp3) is 0.0455. The minimum absolute atomic E-state index is 0.374. The van der Waals surface area contributed by atoms with Crippen molar-refractivity contribution < 1.29 is 11.0 Å². The molecular weight excluding hydrogens is 1080 g/mol. The molecule has 2 aliphatic rings. The van der Waals surface area contributed by atoms with Crippen molar-refractivity contribution in [2.75, 3.05) is 9.80 Å². The Morgan fingerprint density at radius 1 is 0.178 bits per heavy atom. The average Bonchev–Trinajstić information content (AvgIpc) is 0.706. The smallest absolute Gasteiger partial charge is 0.0540 e. The molecule has 0 bridgehead atoms. The van der Waals surface area contributed by atoms with Crippen LogP contribution in [0.25, 0.3) is 100 Å². The standard InChI is InChI=1S/C88H64N2/c1-7-19-61(20-8-1)75-43-51-85(81(57-75)67-23-11-3-12-24-67)89(87-53-45-77(59-83(87)69-27-15-5-16-28-69)73-37-33-65-31-35-71(65)55-73)79-47-39-63(40-48-79)64-41-49-80(50-42-64)90(86-52-44-76(62-21-9-2-10-22-62)58-82(86)68-25-13-4-14-26-68)88-54-46-78(60-84(88)70-29-17-6-18-30-70)74-38-34-66-32-36-72(66)56-74/h1-30,33-34,37-60H,31-32,35-36H2/i31D2,32D2,35D2,36D2. The second kappa shape index (κ2) is 23.7. The van der Waals surface area contributed by atoms with Gasteiger partial charge in [-0.25, -0.2) is 0 Å². The Labute approximate surface area is 539 Å². The summed E-state index contributed by atoms with van der Waals surface area (Å²) >= 11 is 0. The van der Waals surface area contributed by atoms with Gasteiger partial charge in [0.15, 0.2) is 0 Å². The SMILES string of the molecule is [2H]C1([2H])c2ccc(-c3ccc(N(c4ccc(-c5ccc(N(c6ccc(-c7ccccc7)cc6-c6ccccc6)c6ccc(-c7ccc8c(c7)C([2H])([2H])C8([2H])[2H])cc6-c6ccccc6)cc5)cc4)c4ccc(-c5ccccc5)cc4-c4ccccc4)c(-c4ccccc4)c3)cc2C1([2H])[2H]. The van der Waals surface area contributed by atoms with Gasteiger partial charge < -0.3 is 9.80 Å². The molecule has 14 aromatic rings. The summed E-state index contributed by atoms with van der Waals surface area (Å²) < 4.78 is 68.9. The minimum Gasteiger partial charge on any atom is -0.309 e. The third-order valence-electron chi connectivity index (χ3n) is 17.5. The van der Waals surface area contributed by atoms with Crippen LogP contribution >= 0.6 is 0 Å². The summed E-state index contributed by atoms with van der Waals surface area (Å²) in [5.74, 6) is 0. The van der Waals surface area contributed by atoms with Crippen LogP contribution in [0, 0.1) is 0 Å². The van der Waals surface area contributed by atoms with Crippen molar-refractivity contribution in [1.29, 1.82) is 0 Å². The van der Waals surface area contributed by atoms with Crippen molar-refractivity contribution >= 4 is 34.1 Å². The zero-order chi connectivity index (χ0) is 66.9. The Bertz CT molecular complexity index is 4970. The van der Waals surface area contributed by atoms with Crippen LogP contribution in [-0.4, -0.2) is 0 Å². The minimum atomic E-state index is -2.12. The van der Waals surface area contributed by atoms with Crippen LogP contribution in [0.3, 0.4) is 0 Å². The zero-order valence-corrected chi connectivity index (χ0v) is 49.2. The molecule has 0 saturated carbocycles. The molecule has 2 aliphatic carbocycles. The van der Waals surface area contributed by atoms with Gasteiger partial charge in [-0.15, -0.1) is 0 Å². The number of anilines is 6. The summed E-state index contributed by atoms with van der Waals surface area (Å²) in [7, 11) is 0. The first-order valence-electron chi connectivity index (χ1n) is 34.6. The summed E-state index contributed by atoms with van der Waals surface area (Å²) in [6.07, 6.45) is -8.38. The van der Waals surface area contributed by atoms with Crippen molar-refractivity contribution in [2.24, 2.45) is 0 Å². The van der Waals surface area contributed by atoms with Gasteiger partial charge in [0.25, 0.3) is 0 Å². The Hall–Kier alpha value is -11.3. The molecule has 0 fully saturated rings. The third kappa shape index (κ3) is 10.5. The second-order valence-corrected chi connectivity index (χ2v) is 22.9. The van der Waals surface area contributed by atoms with Crippen molar-refractivity contribution in [3.8, 4) is 100 Å². The van der Waals surface area contributed by atoms with Gasteiger partial charge in [-0.3, -0.25) is 0 Å². The summed E-state index contributed by atoms with van der Waals surface area (Å²) in [6.45, 7) is 0. The molecule has 0 spiro atoms. The molecule has 14 aromatic carbocycles. The molecule has 0 saturated heterocycles. The van der Waals surface area contributed by atoms with Crippen molar-refractivity contribution in [1.82, 2.24) is 0 Å². The number of rotatable bonds is 15. The van der Waals surface area contributed by atoms with Crippen LogP contribution < -0.4 is 9.80 Å². The Morgan fingerprint density at radius 2 is 0.389 bits per heavy atom. The first kappa shape index (κ1) is 45.9. The second-order valence-electron chi connectivity index (χ2n) is 22.9. The molecule has 0 atom stereocenters. The van der Waals surface area contributed by atoms with Gasteiger partial charge in [-0.05, 0) is 198 Å². The van der Waals surface area contributed by atoms with Gasteiger partial charge in [0.1, 0.15) is 0 Å². The zero-order valence-electron chi connectivity index (χ0n) is 57.2. The maximum absolute atomic E-state index is 8.71. The number of aryl methyl sites for hydroxylation is 4. The molecule has 426 valence electrons. The molecule has 2 nitrogen and oxygen atoms in total. The highest BCUT2D eigenvalue weighted by Crippen LogP contribution is 2.50. The Kier molecular flexibility index (Phi) is 12.1. The van der Waals surface area contributed by atoms with E-state index in [2.05, 4.69) is 252 Å². The maximum atomic E-state index is 8.71. The van der Waals surface area contributed by atoms with Gasteiger partial charge in [0, 0.05) is 44.6 Å². The Balaban J connectivity index is 0.842. The highest BCUT2D eigenvalue weighted by atomic mass is 15.2. The fourth-order valence-electron chi connectivity index (χ4n) is 12.7. The van der Waals surface area contributed by atoms with Crippen LogP contribution in [0.15, 0.2) is 340 Å². The molecule has 0 aliphatic heterocycles. The molecule has 0 radical (unpaired) electrons. The van der Waals surface area contributed by atoms with E-state index in [1.54, 1.807) is 12.1 Å². The Morgan fingerprint density at radius 3 is 0.678 bits per heavy atom. The van der Waals surface area contributed by atoms with E-state index in [0.29, 0.717) is 22.3 Å². The van der Waals surface area contributed by atoms with Gasteiger partial charge in [0.05, 0.1) is 22.7 Å². The van der Waals surface area contributed by atoms with Gasteiger partial charge >= 0.3 is 0 Å². The molecule has 90 heavy (non-hydrogen) atoms. The van der Waals surface area contributed by atoms with Crippen molar-refractivity contribution in [3.63, 3.8) is 0 Å². The van der Waals surface area contributed by atoms with E-state index in [1.807, 2.05) is 84.9 Å². The van der Waals surface area contributed by atoms with E-state index in [1.165, 1.54) is 0 Å². The van der Waals surface area contributed by atoms with E-state index in [-0.39, 0.29) is 0 Å². The van der Waals surface area contributed by atoms with Gasteiger partial charge in [-0.2, -0.15) is 0 Å². The molecule has 0 unspecified atom stereocenters. The lowest BCUT2D eigenvalue weighted by atomic mass is 9.85. The molecule has 2 heteroatoms. The number of hydrogen-bond donors (Lipinski definition) is 0. The number of fused-ring (bicyclic) bond motifs is 2. The summed E-state index contributed by atoms with van der Waals surface area (Å²) in [6, 6.07) is 117. The first-order valence-corrected chi connectivity index (χ1v) is 30.6. The first-order chi connectivity index (χ1) is 47.6. The summed E-state index contributed by atoms with van der Waals surface area (Å²) in [5, 5.41) is 0. The fourth-order valence-corrected chi connectivity index (χ4v) is 12.7. The van der Waals surface area contributed by atoms with Crippen molar-refractivity contribution in [2.45, 2.75) is 25.5 Å². The van der Waals surface area contributed by atoms with Gasteiger partial charge in [0.2, 0.25) is 0 Å². The lowest BCUT2D eigenvalue weighted by Gasteiger charge is -2.31. The van der Waals surface area contributed by atoms with E-state index >= 15 is 0 Å². The molecule has 0 N–H and O–H groups in total. The van der Waals surface area contributed by atoms with E-state index in [4.69, 9.17) is 11.0 Å². The maximum Gasteiger partial charge on any atom is 0.0540 e. The molecule has 0 aromatic heterocycles. The number of hydrogen-bond acceptors (Lipinski definition) is 2. The molecule has 0 heterocycles. The van der Waals surface area contributed by atoms with Crippen LogP contribution in [-0.2, 0) is 25.5 Å². The van der Waals surface area contributed by atoms with Gasteiger partial charge in [-0.1, -0.05) is 267 Å². The predicted molar refractivity (Wildman–Crippen MR) is 380 cm³/mol. The largest absolute Gasteiger partial charge is 0.309 e. The lowest BCUT2D eigenvalue weighted by molar-refractivity contribution is 0.840. The quantitative estimate of drug-likeness (QED) is 0.101. The van der Waals surface area contributed by atoms with E-state index < -0.39 is 25.5 Å². The topological polar surface area (TPSA) is 6.48 Å². The van der Waals surface area contributed by atoms with E-state index in [9.17, 15) is 0 Å². The average molecular weight is 1160 g/mol. The normalized spacial score (nSPS) is 15.6. The van der Waals surface area contributed by atoms with Crippen LogP contribution in [0.2, 0.25) is 0 Å². The van der Waals surface area contributed by atoms with Crippen molar-refractivity contribution in [3.05, 3.63) is 362 Å².